The number of nitrogens with two attached hydrogens (primary N) is 2. The van der Waals surface area contributed by atoms with E-state index in [2.05, 4.69) is 90.1 Å². The van der Waals surface area contributed by atoms with E-state index in [4.69, 9.17) is 16.2 Å². The van der Waals surface area contributed by atoms with Crippen molar-refractivity contribution in [2.45, 2.75) is 90.1 Å². The summed E-state index contributed by atoms with van der Waals surface area (Å²) in [4.78, 5) is 0. The van der Waals surface area contributed by atoms with E-state index in [0.29, 0.717) is 0 Å². The molecule has 2 aromatic carbocycles. The van der Waals surface area contributed by atoms with Crippen LogP contribution >= 0.6 is 0 Å². The predicted molar refractivity (Wildman–Crippen MR) is 133 cm³/mol. The maximum Gasteiger partial charge on any atom is 0.0466 e. The molecule has 0 fully saturated rings. The molecule has 0 amide bonds. The lowest BCUT2D eigenvalue weighted by Gasteiger charge is -2.20. The molecule has 2 aromatic rings. The van der Waals surface area contributed by atoms with E-state index in [1.54, 1.807) is 0 Å². The lowest BCUT2D eigenvalue weighted by Crippen LogP contribution is -2.14. The zero-order valence-corrected chi connectivity index (χ0v) is 20.6. The fourth-order valence-corrected chi connectivity index (χ4v) is 3.71. The maximum atomic E-state index is 6.36. The Bertz CT molecular complexity index is 699. The van der Waals surface area contributed by atoms with Gasteiger partial charge in [0.15, 0.2) is 0 Å². The molecular weight excluding hydrogens is 380 g/mol. The second-order valence-electron chi connectivity index (χ2n) is 10.9. The second kappa shape index (κ2) is 11.3. The smallest absolute Gasteiger partial charge is 0.0466 e. The number of hydrogen-bond acceptors (Lipinski definition) is 3. The molecule has 0 saturated heterocycles. The van der Waals surface area contributed by atoms with E-state index < -0.39 is 0 Å². The monoisotopic (exact) mass is 424 g/mol. The molecule has 0 aromatic heterocycles. The molecule has 2 atom stereocenters. The Labute approximate surface area is 190 Å². The first-order valence-electron chi connectivity index (χ1n) is 11.8. The van der Waals surface area contributed by atoms with Crippen LogP contribution in [0.1, 0.15) is 102 Å². The SMILES string of the molecule is CC(C)(C)c1ccc(C(N)CCCOCCCC(N)c2ccc(C(C)(C)C)cc2)cc1. The van der Waals surface area contributed by atoms with Crippen LogP contribution in [0, 0.1) is 0 Å². The van der Waals surface area contributed by atoms with Gasteiger partial charge in [0.2, 0.25) is 0 Å². The average molecular weight is 425 g/mol. The van der Waals surface area contributed by atoms with Crippen molar-refractivity contribution >= 4 is 0 Å². The third-order valence-corrected chi connectivity index (χ3v) is 6.02. The largest absolute Gasteiger partial charge is 0.381 e. The number of rotatable bonds is 10. The van der Waals surface area contributed by atoms with Gasteiger partial charge in [0, 0.05) is 25.3 Å². The first-order chi connectivity index (χ1) is 14.5. The van der Waals surface area contributed by atoms with E-state index in [0.717, 1.165) is 38.9 Å². The van der Waals surface area contributed by atoms with Crippen LogP contribution in [0.25, 0.3) is 0 Å². The van der Waals surface area contributed by atoms with Gasteiger partial charge in [-0.05, 0) is 58.8 Å². The minimum Gasteiger partial charge on any atom is -0.381 e. The van der Waals surface area contributed by atoms with Crippen molar-refractivity contribution in [3.63, 3.8) is 0 Å². The summed E-state index contributed by atoms with van der Waals surface area (Å²) in [5.74, 6) is 0. The molecule has 0 spiro atoms. The van der Waals surface area contributed by atoms with Gasteiger partial charge in [-0.25, -0.2) is 0 Å². The fraction of sp³-hybridized carbons (Fsp3) is 0.571. The van der Waals surface area contributed by atoms with Crippen molar-refractivity contribution in [2.75, 3.05) is 13.2 Å². The number of benzene rings is 2. The molecule has 0 aliphatic rings. The summed E-state index contributed by atoms with van der Waals surface area (Å²) in [6.07, 6.45) is 3.83. The van der Waals surface area contributed by atoms with Crippen molar-refractivity contribution in [3.8, 4) is 0 Å². The first kappa shape index (κ1) is 25.6. The Morgan fingerprint density at radius 3 is 1.23 bits per heavy atom. The van der Waals surface area contributed by atoms with Crippen LogP contribution in [0.4, 0.5) is 0 Å². The highest BCUT2D eigenvalue weighted by atomic mass is 16.5. The Hall–Kier alpha value is -1.68. The summed E-state index contributed by atoms with van der Waals surface area (Å²) in [5, 5.41) is 0. The summed E-state index contributed by atoms with van der Waals surface area (Å²) in [6.45, 7) is 14.9. The Morgan fingerprint density at radius 1 is 0.613 bits per heavy atom. The lowest BCUT2D eigenvalue weighted by atomic mass is 9.86. The van der Waals surface area contributed by atoms with E-state index in [-0.39, 0.29) is 22.9 Å². The third-order valence-electron chi connectivity index (χ3n) is 6.02. The standard InChI is InChI=1S/C28H44N2O/c1-27(2,3)23-15-11-21(12-16-23)25(29)9-7-19-31-20-8-10-26(30)22-13-17-24(18-14-22)28(4,5)6/h11-18,25-26H,7-10,19-20,29-30H2,1-6H3. The second-order valence-corrected chi connectivity index (χ2v) is 10.9. The van der Waals surface area contributed by atoms with Crippen molar-refractivity contribution in [2.24, 2.45) is 11.5 Å². The normalized spacial score (nSPS) is 14.5. The van der Waals surface area contributed by atoms with Gasteiger partial charge in [0.1, 0.15) is 0 Å². The van der Waals surface area contributed by atoms with Gasteiger partial charge in [0.25, 0.3) is 0 Å². The summed E-state index contributed by atoms with van der Waals surface area (Å²) in [6, 6.07) is 17.6. The van der Waals surface area contributed by atoms with Gasteiger partial charge < -0.3 is 16.2 Å². The fourth-order valence-electron chi connectivity index (χ4n) is 3.71. The van der Waals surface area contributed by atoms with Gasteiger partial charge in [0.05, 0.1) is 0 Å². The van der Waals surface area contributed by atoms with E-state index >= 15 is 0 Å². The van der Waals surface area contributed by atoms with Crippen molar-refractivity contribution in [3.05, 3.63) is 70.8 Å². The number of hydrogen-bond donors (Lipinski definition) is 2. The molecule has 0 heterocycles. The molecule has 0 saturated carbocycles. The van der Waals surface area contributed by atoms with Gasteiger partial charge in [-0.1, -0.05) is 90.1 Å². The van der Waals surface area contributed by atoms with Gasteiger partial charge in [-0.15, -0.1) is 0 Å². The highest BCUT2D eigenvalue weighted by Gasteiger charge is 2.15. The molecule has 0 bridgehead atoms. The van der Waals surface area contributed by atoms with Crippen molar-refractivity contribution < 1.29 is 4.74 Å². The predicted octanol–water partition coefficient (Wildman–Crippen LogP) is 6.56. The summed E-state index contributed by atoms with van der Waals surface area (Å²) >= 11 is 0. The zero-order valence-electron chi connectivity index (χ0n) is 20.6. The van der Waals surface area contributed by atoms with Gasteiger partial charge >= 0.3 is 0 Å². The highest BCUT2D eigenvalue weighted by molar-refractivity contribution is 5.30. The molecule has 0 radical (unpaired) electrons. The highest BCUT2D eigenvalue weighted by Crippen LogP contribution is 2.26. The number of ether oxygens (including phenoxy) is 1. The van der Waals surface area contributed by atoms with Crippen molar-refractivity contribution in [1.82, 2.24) is 0 Å². The van der Waals surface area contributed by atoms with Crippen LogP contribution in [0.3, 0.4) is 0 Å². The lowest BCUT2D eigenvalue weighted by molar-refractivity contribution is 0.124. The van der Waals surface area contributed by atoms with Gasteiger partial charge in [-0.3, -0.25) is 0 Å². The minimum atomic E-state index is 0.0714. The van der Waals surface area contributed by atoms with Crippen LogP contribution < -0.4 is 11.5 Å². The van der Waals surface area contributed by atoms with Crippen molar-refractivity contribution in [1.29, 1.82) is 0 Å². The van der Waals surface area contributed by atoms with Gasteiger partial charge in [-0.2, -0.15) is 0 Å². The van der Waals surface area contributed by atoms with Crippen LogP contribution in [0.15, 0.2) is 48.5 Å². The van der Waals surface area contributed by atoms with Crippen LogP contribution in [0.5, 0.6) is 0 Å². The summed E-state index contributed by atoms with van der Waals surface area (Å²) < 4.78 is 5.82. The molecule has 0 aliphatic heterocycles. The molecule has 3 nitrogen and oxygen atoms in total. The maximum absolute atomic E-state index is 6.36. The topological polar surface area (TPSA) is 61.3 Å². The Kier molecular flexibility index (Phi) is 9.29. The summed E-state index contributed by atoms with van der Waals surface area (Å²) in [7, 11) is 0. The molecule has 2 rings (SSSR count). The van der Waals surface area contributed by atoms with E-state index in [1.165, 1.54) is 22.3 Å². The zero-order chi connectivity index (χ0) is 23.1. The van der Waals surface area contributed by atoms with Crippen LogP contribution in [-0.2, 0) is 15.6 Å². The molecule has 0 aliphatic carbocycles. The summed E-state index contributed by atoms with van der Waals surface area (Å²) in [5.41, 5.74) is 18.2. The third kappa shape index (κ3) is 8.40. The minimum absolute atomic E-state index is 0.0714. The molecule has 4 N–H and O–H groups in total. The first-order valence-corrected chi connectivity index (χ1v) is 11.8. The molecule has 2 unspecified atom stereocenters. The average Bonchev–Trinajstić information content (AvgIpc) is 2.71. The quantitative estimate of drug-likeness (QED) is 0.425. The van der Waals surface area contributed by atoms with Crippen LogP contribution in [0.2, 0.25) is 0 Å². The van der Waals surface area contributed by atoms with E-state index in [1.807, 2.05) is 0 Å². The Balaban J connectivity index is 1.62. The molecular formula is C28H44N2O. The molecule has 172 valence electrons. The Morgan fingerprint density at radius 2 is 0.935 bits per heavy atom. The van der Waals surface area contributed by atoms with Crippen LogP contribution in [-0.4, -0.2) is 13.2 Å². The van der Waals surface area contributed by atoms with E-state index in [9.17, 15) is 0 Å². The molecule has 31 heavy (non-hydrogen) atoms. The molecule has 3 heteroatoms.